The van der Waals surface area contributed by atoms with E-state index in [0.29, 0.717) is 18.1 Å². The summed E-state index contributed by atoms with van der Waals surface area (Å²) >= 11 is 1.67. The minimum absolute atomic E-state index is 0.0486. The highest BCUT2D eigenvalue weighted by Crippen LogP contribution is 2.36. The van der Waals surface area contributed by atoms with E-state index in [1.807, 2.05) is 6.07 Å². The molecule has 1 aromatic carbocycles. The molecule has 5 rings (SSSR count). The van der Waals surface area contributed by atoms with E-state index in [0.717, 1.165) is 33.9 Å². The second-order valence-electron chi connectivity index (χ2n) is 7.83. The predicted molar refractivity (Wildman–Crippen MR) is 109 cm³/mol. The fourth-order valence-corrected chi connectivity index (χ4v) is 5.81. The molecule has 26 heavy (non-hydrogen) atoms. The lowest BCUT2D eigenvalue weighted by Crippen LogP contribution is -2.56. The highest BCUT2D eigenvalue weighted by molar-refractivity contribution is 7.21. The van der Waals surface area contributed by atoms with Gasteiger partial charge in [0.15, 0.2) is 5.43 Å². The van der Waals surface area contributed by atoms with Gasteiger partial charge in [0.05, 0.1) is 20.8 Å². The molecule has 1 aromatic rings. The Morgan fingerprint density at radius 2 is 1.85 bits per heavy atom. The molecule has 4 nitrogen and oxygen atoms in total. The molecule has 2 bridgehead atoms. The molecule has 0 radical (unpaired) electrons. The summed E-state index contributed by atoms with van der Waals surface area (Å²) in [5, 5.41) is 0. The van der Waals surface area contributed by atoms with E-state index < -0.39 is 0 Å². The quantitative estimate of drug-likeness (QED) is 0.647. The zero-order valence-electron chi connectivity index (χ0n) is 15.2. The van der Waals surface area contributed by atoms with Gasteiger partial charge in [-0.2, -0.15) is 0 Å². The van der Waals surface area contributed by atoms with Crippen LogP contribution in [0.15, 0.2) is 41.2 Å². The van der Waals surface area contributed by atoms with Gasteiger partial charge in [0, 0.05) is 43.0 Å². The van der Waals surface area contributed by atoms with Crippen molar-refractivity contribution in [2.24, 2.45) is 0 Å². The molecule has 0 amide bonds. The maximum Gasteiger partial charge on any atom is 0.180 e. The van der Waals surface area contributed by atoms with Crippen molar-refractivity contribution in [1.82, 2.24) is 9.88 Å². The molecule has 4 aliphatic rings. The first-order valence-electron chi connectivity index (χ1n) is 9.45. The zero-order chi connectivity index (χ0) is 17.8. The second kappa shape index (κ2) is 6.03. The van der Waals surface area contributed by atoms with Crippen molar-refractivity contribution in [3.8, 4) is 10.6 Å². The number of anilines is 1. The molecule has 0 unspecified atom stereocenters. The van der Waals surface area contributed by atoms with E-state index in [9.17, 15) is 4.79 Å². The lowest BCUT2D eigenvalue weighted by molar-refractivity contribution is 0.129. The molecular formula is C21H23N3OS. The predicted octanol–water partition coefficient (Wildman–Crippen LogP) is 3.82. The van der Waals surface area contributed by atoms with Gasteiger partial charge in [0.1, 0.15) is 0 Å². The van der Waals surface area contributed by atoms with Gasteiger partial charge < -0.3 is 4.90 Å². The lowest BCUT2D eigenvalue weighted by atomic mass is 10.1. The van der Waals surface area contributed by atoms with Gasteiger partial charge in [-0.05, 0) is 57.0 Å². The average molecular weight is 366 g/mol. The van der Waals surface area contributed by atoms with E-state index in [1.54, 1.807) is 23.5 Å². The molecule has 3 heterocycles. The topological polar surface area (TPSA) is 36.4 Å². The van der Waals surface area contributed by atoms with Crippen molar-refractivity contribution < 1.29 is 0 Å². The van der Waals surface area contributed by atoms with Gasteiger partial charge >= 0.3 is 0 Å². The molecule has 2 atom stereocenters. The number of hydrogen-bond acceptors (Lipinski definition) is 5. The van der Waals surface area contributed by atoms with Crippen molar-refractivity contribution in [2.75, 3.05) is 18.0 Å². The Kier molecular flexibility index (Phi) is 3.76. The third-order valence-electron chi connectivity index (χ3n) is 5.84. The van der Waals surface area contributed by atoms with Gasteiger partial charge in [-0.25, -0.2) is 4.98 Å². The van der Waals surface area contributed by atoms with E-state index in [-0.39, 0.29) is 5.43 Å². The zero-order valence-corrected chi connectivity index (χ0v) is 16.0. The minimum Gasteiger partial charge on any atom is -0.368 e. The monoisotopic (exact) mass is 365 g/mol. The first-order valence-corrected chi connectivity index (χ1v) is 10.3. The van der Waals surface area contributed by atoms with Crippen molar-refractivity contribution in [3.63, 3.8) is 0 Å². The summed E-state index contributed by atoms with van der Waals surface area (Å²) in [6.07, 6.45) is 2.63. The third kappa shape index (κ3) is 2.61. The molecule has 5 heteroatoms. The Hall–Kier alpha value is -1.98. The number of benzene rings is 2. The van der Waals surface area contributed by atoms with Gasteiger partial charge in [0.2, 0.25) is 0 Å². The largest absolute Gasteiger partial charge is 0.368 e. The Balaban J connectivity index is 1.51. The number of aromatic nitrogens is 1. The van der Waals surface area contributed by atoms with Gasteiger partial charge in [-0.3, -0.25) is 9.69 Å². The Morgan fingerprint density at radius 3 is 2.58 bits per heavy atom. The number of nitrogens with zero attached hydrogens (tertiary/aromatic N) is 3. The van der Waals surface area contributed by atoms with E-state index in [4.69, 9.17) is 4.98 Å². The lowest BCUT2D eigenvalue weighted by Gasteiger charge is -2.44. The summed E-state index contributed by atoms with van der Waals surface area (Å²) < 4.78 is 1.15. The maximum atomic E-state index is 11.7. The summed E-state index contributed by atoms with van der Waals surface area (Å²) in [4.78, 5) is 22.6. The average Bonchev–Trinajstić information content (AvgIpc) is 2.90. The number of piperazine rings is 1. The molecule has 0 saturated carbocycles. The van der Waals surface area contributed by atoms with Crippen LogP contribution in [0.5, 0.6) is 0 Å². The maximum absolute atomic E-state index is 11.7. The van der Waals surface area contributed by atoms with Crippen LogP contribution in [0.1, 0.15) is 26.7 Å². The first-order chi connectivity index (χ1) is 12.6. The molecule has 0 spiro atoms. The number of fused-ring (bicyclic) bond motifs is 4. The number of rotatable bonds is 2. The molecule has 2 saturated heterocycles. The van der Waals surface area contributed by atoms with Crippen molar-refractivity contribution in [2.45, 2.75) is 44.8 Å². The van der Waals surface area contributed by atoms with Crippen molar-refractivity contribution in [1.29, 1.82) is 0 Å². The molecular weight excluding hydrogens is 342 g/mol. The van der Waals surface area contributed by atoms with Crippen LogP contribution in [0.3, 0.4) is 0 Å². The molecule has 134 valence electrons. The highest BCUT2D eigenvalue weighted by atomic mass is 32.1. The highest BCUT2D eigenvalue weighted by Gasteiger charge is 2.41. The van der Waals surface area contributed by atoms with Crippen LogP contribution >= 0.6 is 11.3 Å². The van der Waals surface area contributed by atoms with Crippen LogP contribution < -0.4 is 10.3 Å². The van der Waals surface area contributed by atoms with E-state index >= 15 is 0 Å². The van der Waals surface area contributed by atoms with Crippen LogP contribution in [0.25, 0.3) is 20.8 Å². The molecule has 3 aliphatic heterocycles. The second-order valence-corrected chi connectivity index (χ2v) is 8.91. The fourth-order valence-electron chi connectivity index (χ4n) is 4.78. The Labute approximate surface area is 157 Å². The van der Waals surface area contributed by atoms with Crippen molar-refractivity contribution >= 4 is 27.2 Å². The van der Waals surface area contributed by atoms with E-state index in [1.165, 1.54) is 18.5 Å². The standard InChI is InChI=1S/C21H23N3OS/c1-13(2)24-15-3-4-16(24)12-23(11-15)14-5-7-18-20(9-14)26-21-10-17(25)6-8-19(21)22-18/h5-10,13,15-16H,3-4,11-12H2,1-2H3/t15-,16+. The van der Waals surface area contributed by atoms with Gasteiger partial charge in [0.25, 0.3) is 0 Å². The van der Waals surface area contributed by atoms with Crippen LogP contribution in [0.2, 0.25) is 0 Å². The minimum atomic E-state index is 0.0486. The summed E-state index contributed by atoms with van der Waals surface area (Å²) in [6.45, 7) is 6.85. The summed E-state index contributed by atoms with van der Waals surface area (Å²) in [5.74, 6) is 0. The van der Waals surface area contributed by atoms with Gasteiger partial charge in [-0.15, -0.1) is 11.3 Å². The number of hydrogen-bond donors (Lipinski definition) is 0. The van der Waals surface area contributed by atoms with Crippen LogP contribution in [-0.2, 0) is 0 Å². The fraction of sp³-hybridized carbons (Fsp3) is 0.429. The summed E-state index contributed by atoms with van der Waals surface area (Å²) in [6, 6.07) is 13.7. The van der Waals surface area contributed by atoms with Crippen LogP contribution in [0, 0.1) is 0 Å². The summed E-state index contributed by atoms with van der Waals surface area (Å²) in [5.41, 5.74) is 3.24. The van der Waals surface area contributed by atoms with E-state index in [2.05, 4.69) is 41.8 Å². The van der Waals surface area contributed by atoms with Crippen LogP contribution in [0.4, 0.5) is 5.69 Å². The Morgan fingerprint density at radius 1 is 1.08 bits per heavy atom. The normalized spacial score (nSPS) is 23.4. The van der Waals surface area contributed by atoms with Gasteiger partial charge in [-0.1, -0.05) is 0 Å². The smallest absolute Gasteiger partial charge is 0.180 e. The van der Waals surface area contributed by atoms with Crippen LogP contribution in [-0.4, -0.2) is 41.1 Å². The summed E-state index contributed by atoms with van der Waals surface area (Å²) in [7, 11) is 0. The van der Waals surface area contributed by atoms with Crippen molar-refractivity contribution in [3.05, 3.63) is 46.6 Å². The molecule has 2 fully saturated rings. The first kappa shape index (κ1) is 16.2. The molecule has 1 aliphatic carbocycles. The third-order valence-corrected chi connectivity index (χ3v) is 6.93. The SMILES string of the molecule is CC(C)N1[C@@H]2CC[C@H]1CN(c1ccc3nc4ccc(=O)cc-4sc3c1)C2. The molecule has 0 aromatic heterocycles. The molecule has 0 N–H and O–H groups in total. The Bertz CT molecular complexity index is 984.